The van der Waals surface area contributed by atoms with Crippen LogP contribution >= 0.6 is 0 Å². The molecule has 0 bridgehead atoms. The average Bonchev–Trinajstić information content (AvgIpc) is 1.68. The third-order valence-corrected chi connectivity index (χ3v) is 0.564. The van der Waals surface area contributed by atoms with Crippen molar-refractivity contribution >= 4 is 12.1 Å². The van der Waals surface area contributed by atoms with Gasteiger partial charge in [-0.2, -0.15) is 0 Å². The zero-order valence-electron chi connectivity index (χ0n) is 4.31. The molecule has 0 saturated heterocycles. The lowest BCUT2D eigenvalue weighted by Gasteiger charge is -1.78. The van der Waals surface area contributed by atoms with E-state index in [1.807, 2.05) is 0 Å². The van der Waals surface area contributed by atoms with E-state index in [9.17, 15) is 0 Å². The Bertz CT molecular complexity index is 103. The van der Waals surface area contributed by atoms with E-state index in [4.69, 9.17) is 5.41 Å². The van der Waals surface area contributed by atoms with Gasteiger partial charge in [0, 0.05) is 5.71 Å². The molecule has 0 unspecified atom stereocenters. The molecule has 0 aliphatic heterocycles. The molecule has 0 aliphatic rings. The molecular formula is C5H8N2. The molecule has 2 nitrogen and oxygen atoms in total. The lowest BCUT2D eigenvalue weighted by atomic mass is 10.4. The first-order valence-corrected chi connectivity index (χ1v) is 1.97. The van der Waals surface area contributed by atoms with E-state index in [2.05, 4.69) is 11.6 Å². The Morgan fingerprint density at radius 3 is 2.57 bits per heavy atom. The average molecular weight is 96.1 g/mol. The van der Waals surface area contributed by atoms with E-state index in [1.165, 1.54) is 0 Å². The third-order valence-electron chi connectivity index (χ3n) is 0.564. The Labute approximate surface area is 43.1 Å². The summed E-state index contributed by atoms with van der Waals surface area (Å²) in [5.74, 6) is 0. The van der Waals surface area contributed by atoms with Crippen molar-refractivity contribution in [3.8, 4) is 0 Å². The molecule has 0 heterocycles. The standard InChI is InChI=1S/C5H8N2/c1-3-5(2)7-4-6/h3-4,6H,1H2,2H3/b6-4?,7-5+. The van der Waals surface area contributed by atoms with Gasteiger partial charge >= 0.3 is 0 Å². The summed E-state index contributed by atoms with van der Waals surface area (Å²) in [6.07, 6.45) is 2.60. The van der Waals surface area contributed by atoms with Crippen molar-refractivity contribution in [2.24, 2.45) is 4.99 Å². The maximum Gasteiger partial charge on any atom is 0.107 e. The summed E-state index contributed by atoms with van der Waals surface area (Å²) in [5.41, 5.74) is 0.773. The molecule has 1 N–H and O–H groups in total. The van der Waals surface area contributed by atoms with E-state index in [0.29, 0.717) is 0 Å². The molecule has 0 fully saturated rings. The maximum absolute atomic E-state index is 6.48. The van der Waals surface area contributed by atoms with Crippen LogP contribution in [-0.2, 0) is 0 Å². The highest BCUT2D eigenvalue weighted by atomic mass is 14.7. The zero-order valence-corrected chi connectivity index (χ0v) is 4.31. The number of rotatable bonds is 2. The normalized spacial score (nSPS) is 10.7. The van der Waals surface area contributed by atoms with Gasteiger partial charge in [-0.15, -0.1) is 0 Å². The Balaban J connectivity index is 3.72. The summed E-state index contributed by atoms with van der Waals surface area (Å²) >= 11 is 0. The van der Waals surface area contributed by atoms with Crippen LogP contribution in [0.5, 0.6) is 0 Å². The Morgan fingerprint density at radius 1 is 1.86 bits per heavy atom. The molecule has 0 atom stereocenters. The predicted molar refractivity (Wildman–Crippen MR) is 32.1 cm³/mol. The van der Waals surface area contributed by atoms with Gasteiger partial charge in [-0.3, -0.25) is 5.41 Å². The first kappa shape index (κ1) is 6.08. The second-order valence-corrected chi connectivity index (χ2v) is 1.10. The van der Waals surface area contributed by atoms with Gasteiger partial charge < -0.3 is 0 Å². The highest BCUT2D eigenvalue weighted by molar-refractivity contribution is 5.96. The fourth-order valence-corrected chi connectivity index (χ4v) is 0.155. The van der Waals surface area contributed by atoms with Gasteiger partial charge in [0.05, 0.1) is 0 Å². The molecule has 0 aliphatic carbocycles. The number of hydrogen-bond acceptors (Lipinski definition) is 1. The van der Waals surface area contributed by atoms with Crippen LogP contribution in [0.25, 0.3) is 0 Å². The van der Waals surface area contributed by atoms with Gasteiger partial charge in [0.2, 0.25) is 0 Å². The molecule has 0 aromatic heterocycles. The van der Waals surface area contributed by atoms with Gasteiger partial charge in [-0.05, 0) is 13.0 Å². The van der Waals surface area contributed by atoms with Crippen LogP contribution in [0.15, 0.2) is 17.6 Å². The zero-order chi connectivity index (χ0) is 5.70. The van der Waals surface area contributed by atoms with Crippen LogP contribution in [-0.4, -0.2) is 12.1 Å². The Morgan fingerprint density at radius 2 is 2.43 bits per heavy atom. The van der Waals surface area contributed by atoms with Crippen LogP contribution in [0.3, 0.4) is 0 Å². The second-order valence-electron chi connectivity index (χ2n) is 1.10. The van der Waals surface area contributed by atoms with Crippen molar-refractivity contribution < 1.29 is 0 Å². The van der Waals surface area contributed by atoms with E-state index < -0.39 is 0 Å². The van der Waals surface area contributed by atoms with Crippen LogP contribution < -0.4 is 0 Å². The van der Waals surface area contributed by atoms with Crippen molar-refractivity contribution in [2.75, 3.05) is 0 Å². The summed E-state index contributed by atoms with van der Waals surface area (Å²) < 4.78 is 0. The Hall–Kier alpha value is -0.920. The molecule has 7 heavy (non-hydrogen) atoms. The van der Waals surface area contributed by atoms with E-state index in [0.717, 1.165) is 12.1 Å². The fourth-order valence-electron chi connectivity index (χ4n) is 0.155. The minimum absolute atomic E-state index is 0.773. The molecule has 0 spiro atoms. The van der Waals surface area contributed by atoms with Crippen LogP contribution in [0, 0.1) is 5.41 Å². The van der Waals surface area contributed by atoms with Crippen LogP contribution in [0.1, 0.15) is 6.92 Å². The van der Waals surface area contributed by atoms with Crippen molar-refractivity contribution in [3.63, 3.8) is 0 Å². The number of allylic oxidation sites excluding steroid dienone is 1. The van der Waals surface area contributed by atoms with Crippen molar-refractivity contribution in [1.82, 2.24) is 0 Å². The summed E-state index contributed by atoms with van der Waals surface area (Å²) in [6, 6.07) is 0. The lowest BCUT2D eigenvalue weighted by Crippen LogP contribution is -1.80. The minimum atomic E-state index is 0.773. The molecule has 38 valence electrons. The maximum atomic E-state index is 6.48. The smallest absolute Gasteiger partial charge is 0.107 e. The van der Waals surface area contributed by atoms with Gasteiger partial charge in [0.25, 0.3) is 0 Å². The van der Waals surface area contributed by atoms with E-state index >= 15 is 0 Å². The topological polar surface area (TPSA) is 36.2 Å². The summed E-state index contributed by atoms with van der Waals surface area (Å²) in [6.45, 7) is 5.23. The number of hydrogen-bond donors (Lipinski definition) is 1. The highest BCUT2D eigenvalue weighted by Crippen LogP contribution is 1.71. The lowest BCUT2D eigenvalue weighted by molar-refractivity contribution is 1.51. The molecule has 0 aromatic carbocycles. The van der Waals surface area contributed by atoms with Crippen molar-refractivity contribution in [2.45, 2.75) is 6.92 Å². The van der Waals surface area contributed by atoms with Gasteiger partial charge in [0.1, 0.15) is 6.34 Å². The van der Waals surface area contributed by atoms with E-state index in [1.54, 1.807) is 13.0 Å². The molecular weight excluding hydrogens is 88.1 g/mol. The number of nitrogens with one attached hydrogen (secondary N) is 1. The molecule has 0 amide bonds. The summed E-state index contributed by atoms with van der Waals surface area (Å²) in [7, 11) is 0. The van der Waals surface area contributed by atoms with Gasteiger partial charge in [0.15, 0.2) is 0 Å². The van der Waals surface area contributed by atoms with Crippen molar-refractivity contribution in [1.29, 1.82) is 5.41 Å². The van der Waals surface area contributed by atoms with Crippen molar-refractivity contribution in [3.05, 3.63) is 12.7 Å². The first-order valence-electron chi connectivity index (χ1n) is 1.97. The molecule has 0 aromatic rings. The second kappa shape index (κ2) is 3.28. The first-order chi connectivity index (χ1) is 3.31. The monoisotopic (exact) mass is 96.1 g/mol. The summed E-state index contributed by atoms with van der Waals surface area (Å²) in [4.78, 5) is 3.58. The molecule has 0 rings (SSSR count). The Kier molecular flexibility index (Phi) is 2.85. The number of nitrogens with zero attached hydrogens (tertiary/aromatic N) is 1. The third kappa shape index (κ3) is 2.89. The van der Waals surface area contributed by atoms with Crippen LogP contribution in [0.2, 0.25) is 0 Å². The SMILES string of the molecule is C=C/C(C)=N/C=N. The molecule has 2 heteroatoms. The van der Waals surface area contributed by atoms with Gasteiger partial charge in [-0.1, -0.05) is 6.58 Å². The van der Waals surface area contributed by atoms with Gasteiger partial charge in [-0.25, -0.2) is 4.99 Å². The largest absolute Gasteiger partial charge is 0.290 e. The quantitative estimate of drug-likeness (QED) is 0.396. The fraction of sp³-hybridized carbons (Fsp3) is 0.200. The molecule has 0 saturated carbocycles. The van der Waals surface area contributed by atoms with Crippen LogP contribution in [0.4, 0.5) is 0 Å². The highest BCUT2D eigenvalue weighted by Gasteiger charge is 1.71. The summed E-state index contributed by atoms with van der Waals surface area (Å²) in [5, 5.41) is 6.48. The number of aliphatic imine (C=N–C) groups is 1. The minimum Gasteiger partial charge on any atom is -0.290 e. The van der Waals surface area contributed by atoms with E-state index in [-0.39, 0.29) is 0 Å². The predicted octanol–water partition coefficient (Wildman–Crippen LogP) is 1.24. The molecule has 0 radical (unpaired) electrons.